The van der Waals surface area contributed by atoms with Crippen LogP contribution >= 0.6 is 0 Å². The second-order valence-corrected chi connectivity index (χ2v) is 4.44. The molecule has 0 aliphatic rings. The maximum Gasteiger partial charge on any atom is 0.0456 e. The second-order valence-electron chi connectivity index (χ2n) is 4.44. The fraction of sp³-hybridized carbons (Fsp3) is 0.267. The zero-order chi connectivity index (χ0) is 12.4. The second kappa shape index (κ2) is 4.68. The fourth-order valence-electron chi connectivity index (χ4n) is 2.27. The largest absolute Gasteiger partial charge is 0.326 e. The average molecular weight is 226 g/mol. The summed E-state index contributed by atoms with van der Waals surface area (Å²) in [6.07, 6.45) is 0. The number of aromatic nitrogens is 1. The number of nitrogens with two attached hydrogens (primary N) is 1. The maximum atomic E-state index is 5.61. The van der Waals surface area contributed by atoms with Crippen molar-refractivity contribution in [1.29, 1.82) is 0 Å². The fourth-order valence-corrected chi connectivity index (χ4v) is 2.27. The van der Waals surface area contributed by atoms with Crippen molar-refractivity contribution >= 4 is 0 Å². The summed E-state index contributed by atoms with van der Waals surface area (Å²) in [5.41, 5.74) is 12.6. The van der Waals surface area contributed by atoms with Crippen LogP contribution in [0.4, 0.5) is 0 Å². The van der Waals surface area contributed by atoms with Crippen LogP contribution in [0.1, 0.15) is 22.5 Å². The van der Waals surface area contributed by atoms with E-state index in [4.69, 9.17) is 5.73 Å². The Morgan fingerprint density at radius 3 is 2.24 bits per heavy atom. The van der Waals surface area contributed by atoms with Gasteiger partial charge in [-0.2, -0.15) is 0 Å². The predicted molar refractivity (Wildman–Crippen MR) is 71.8 cm³/mol. The van der Waals surface area contributed by atoms with Gasteiger partial charge in [0.25, 0.3) is 0 Å². The summed E-state index contributed by atoms with van der Waals surface area (Å²) in [7, 11) is 0. The van der Waals surface area contributed by atoms with Crippen LogP contribution < -0.4 is 5.73 Å². The molecule has 0 aliphatic heterocycles. The first-order chi connectivity index (χ1) is 8.11. The van der Waals surface area contributed by atoms with Crippen molar-refractivity contribution in [2.45, 2.75) is 27.3 Å². The lowest BCUT2D eigenvalue weighted by molar-refractivity contribution is 1.07. The summed E-state index contributed by atoms with van der Waals surface area (Å²) in [6, 6.07) is 10.5. The molecule has 0 atom stereocenters. The number of pyridine rings is 1. The molecule has 2 N–H and O–H groups in total. The van der Waals surface area contributed by atoms with Crippen LogP contribution in [0.2, 0.25) is 0 Å². The van der Waals surface area contributed by atoms with Crippen molar-refractivity contribution in [3.05, 3.63) is 52.8 Å². The summed E-state index contributed by atoms with van der Waals surface area (Å²) >= 11 is 0. The van der Waals surface area contributed by atoms with E-state index in [2.05, 4.69) is 49.2 Å². The molecule has 0 fully saturated rings. The molecule has 0 spiro atoms. The predicted octanol–water partition coefficient (Wildman–Crippen LogP) is 3.13. The van der Waals surface area contributed by atoms with Crippen molar-refractivity contribution in [3.63, 3.8) is 0 Å². The van der Waals surface area contributed by atoms with E-state index in [1.54, 1.807) is 0 Å². The highest BCUT2D eigenvalue weighted by atomic mass is 14.7. The molecule has 0 amide bonds. The minimum atomic E-state index is 0.588. The Balaban J connectivity index is 2.52. The van der Waals surface area contributed by atoms with Gasteiger partial charge in [0.2, 0.25) is 0 Å². The van der Waals surface area contributed by atoms with Gasteiger partial charge in [-0.3, -0.25) is 4.98 Å². The van der Waals surface area contributed by atoms with Crippen molar-refractivity contribution in [2.24, 2.45) is 5.73 Å². The topological polar surface area (TPSA) is 38.9 Å². The Labute approximate surface area is 103 Å². The van der Waals surface area contributed by atoms with E-state index in [-0.39, 0.29) is 0 Å². The molecule has 2 aromatic rings. The van der Waals surface area contributed by atoms with Crippen LogP contribution in [0.3, 0.4) is 0 Å². The molecule has 0 unspecified atom stereocenters. The van der Waals surface area contributed by atoms with E-state index in [0.29, 0.717) is 6.54 Å². The first kappa shape index (κ1) is 11.8. The van der Waals surface area contributed by atoms with Crippen LogP contribution in [0.5, 0.6) is 0 Å². The highest BCUT2D eigenvalue weighted by molar-refractivity contribution is 5.69. The van der Waals surface area contributed by atoms with Gasteiger partial charge in [0.15, 0.2) is 0 Å². The third-order valence-electron chi connectivity index (χ3n) is 3.00. The maximum absolute atomic E-state index is 5.61. The molecule has 0 bridgehead atoms. The normalized spacial score (nSPS) is 10.6. The molecule has 1 aromatic carbocycles. The van der Waals surface area contributed by atoms with Crippen molar-refractivity contribution in [2.75, 3.05) is 0 Å². The monoisotopic (exact) mass is 226 g/mol. The zero-order valence-corrected chi connectivity index (χ0v) is 10.6. The smallest absolute Gasteiger partial charge is 0.0456 e. The Morgan fingerprint density at radius 2 is 1.71 bits per heavy atom. The first-order valence-corrected chi connectivity index (χ1v) is 5.86. The lowest BCUT2D eigenvalue weighted by atomic mass is 9.98. The molecule has 0 radical (unpaired) electrons. The van der Waals surface area contributed by atoms with Gasteiger partial charge < -0.3 is 5.73 Å². The Kier molecular flexibility index (Phi) is 3.25. The number of hydrogen-bond donors (Lipinski definition) is 1. The van der Waals surface area contributed by atoms with Crippen molar-refractivity contribution < 1.29 is 0 Å². The Bertz CT molecular complexity index is 504. The molecule has 2 rings (SSSR count). The summed E-state index contributed by atoms with van der Waals surface area (Å²) in [5, 5.41) is 0. The highest BCUT2D eigenvalue weighted by Crippen LogP contribution is 2.26. The molecule has 0 saturated heterocycles. The Morgan fingerprint density at radius 1 is 1.06 bits per heavy atom. The lowest BCUT2D eigenvalue weighted by Crippen LogP contribution is -1.97. The molecule has 2 nitrogen and oxygen atoms in total. The van der Waals surface area contributed by atoms with Crippen LogP contribution in [-0.2, 0) is 6.54 Å². The summed E-state index contributed by atoms with van der Waals surface area (Å²) in [6.45, 7) is 6.81. The zero-order valence-electron chi connectivity index (χ0n) is 10.6. The summed E-state index contributed by atoms with van der Waals surface area (Å²) in [5.74, 6) is 0. The van der Waals surface area contributed by atoms with Gasteiger partial charge in [0.05, 0.1) is 0 Å². The van der Waals surface area contributed by atoms with Crippen LogP contribution in [0.25, 0.3) is 11.1 Å². The van der Waals surface area contributed by atoms with E-state index in [1.807, 2.05) is 6.92 Å². The van der Waals surface area contributed by atoms with Gasteiger partial charge in [-0.25, -0.2) is 0 Å². The van der Waals surface area contributed by atoms with Gasteiger partial charge in [-0.1, -0.05) is 24.3 Å². The number of rotatable bonds is 2. The Hall–Kier alpha value is -1.67. The van der Waals surface area contributed by atoms with Gasteiger partial charge in [-0.05, 0) is 43.5 Å². The number of hydrogen-bond acceptors (Lipinski definition) is 2. The standard InChI is InChI=1S/C15H18N2/c1-10-8-11(2)17-12(3)15(10)14-6-4-13(9-16)5-7-14/h4-8H,9,16H2,1-3H3. The van der Waals surface area contributed by atoms with E-state index >= 15 is 0 Å². The third-order valence-corrected chi connectivity index (χ3v) is 3.00. The molecule has 1 aromatic heterocycles. The van der Waals surface area contributed by atoms with Gasteiger partial charge in [-0.15, -0.1) is 0 Å². The van der Waals surface area contributed by atoms with E-state index in [0.717, 1.165) is 17.0 Å². The molecule has 0 saturated carbocycles. The molecule has 17 heavy (non-hydrogen) atoms. The van der Waals surface area contributed by atoms with Crippen molar-refractivity contribution in [3.8, 4) is 11.1 Å². The third kappa shape index (κ3) is 2.37. The lowest BCUT2D eigenvalue weighted by Gasteiger charge is -2.11. The van der Waals surface area contributed by atoms with Gasteiger partial charge >= 0.3 is 0 Å². The SMILES string of the molecule is Cc1cc(C)c(-c2ccc(CN)cc2)c(C)n1. The van der Waals surface area contributed by atoms with Crippen LogP contribution in [0.15, 0.2) is 30.3 Å². The molecule has 0 aliphatic carbocycles. The van der Waals surface area contributed by atoms with E-state index in [1.165, 1.54) is 16.7 Å². The van der Waals surface area contributed by atoms with E-state index in [9.17, 15) is 0 Å². The van der Waals surface area contributed by atoms with Gasteiger partial charge in [0, 0.05) is 23.5 Å². The van der Waals surface area contributed by atoms with Crippen LogP contribution in [0, 0.1) is 20.8 Å². The number of nitrogens with zero attached hydrogens (tertiary/aromatic N) is 1. The highest BCUT2D eigenvalue weighted by Gasteiger charge is 2.07. The minimum Gasteiger partial charge on any atom is -0.326 e. The van der Waals surface area contributed by atoms with Crippen LogP contribution in [-0.4, -0.2) is 4.98 Å². The summed E-state index contributed by atoms with van der Waals surface area (Å²) < 4.78 is 0. The molecular weight excluding hydrogens is 208 g/mol. The quantitative estimate of drug-likeness (QED) is 0.854. The van der Waals surface area contributed by atoms with Crippen molar-refractivity contribution in [1.82, 2.24) is 4.98 Å². The molecule has 1 heterocycles. The summed E-state index contributed by atoms with van der Waals surface area (Å²) in [4.78, 5) is 4.53. The molecular formula is C15H18N2. The van der Waals surface area contributed by atoms with E-state index < -0.39 is 0 Å². The minimum absolute atomic E-state index is 0.588. The molecule has 88 valence electrons. The number of aryl methyl sites for hydroxylation is 3. The first-order valence-electron chi connectivity index (χ1n) is 5.86. The molecule has 2 heteroatoms. The average Bonchev–Trinajstić information content (AvgIpc) is 2.28. The number of benzene rings is 1. The van der Waals surface area contributed by atoms with Gasteiger partial charge in [0.1, 0.15) is 0 Å².